The summed E-state index contributed by atoms with van der Waals surface area (Å²) in [5.41, 5.74) is 0. The van der Waals surface area contributed by atoms with Crippen molar-refractivity contribution < 1.29 is 9.53 Å². The second-order valence-electron chi connectivity index (χ2n) is 6.31. The third-order valence-corrected chi connectivity index (χ3v) is 5.57. The van der Waals surface area contributed by atoms with Crippen LogP contribution in [0.3, 0.4) is 0 Å². The minimum Gasteiger partial charge on any atom is -0.479 e. The number of benzene rings is 1. The second-order valence-corrected chi connectivity index (χ2v) is 7.10. The second kappa shape index (κ2) is 7.29. The summed E-state index contributed by atoms with van der Waals surface area (Å²) in [6.07, 6.45) is 4.09. The molecule has 3 rings (SSSR count). The molecule has 4 nitrogen and oxygen atoms in total. The van der Waals surface area contributed by atoms with Gasteiger partial charge in [-0.2, -0.15) is 0 Å². The predicted octanol–water partition coefficient (Wildman–Crippen LogP) is 3.50. The van der Waals surface area contributed by atoms with Crippen LogP contribution in [-0.4, -0.2) is 42.1 Å². The Kier molecular flexibility index (Phi) is 5.34. The number of amides is 1. The number of halogens is 2. The maximum atomic E-state index is 12.4. The molecule has 2 aliphatic heterocycles. The van der Waals surface area contributed by atoms with Gasteiger partial charge in [0.25, 0.3) is 5.91 Å². The van der Waals surface area contributed by atoms with Crippen molar-refractivity contribution >= 4 is 29.1 Å². The molecule has 2 saturated heterocycles. The van der Waals surface area contributed by atoms with Gasteiger partial charge in [0, 0.05) is 18.6 Å². The van der Waals surface area contributed by atoms with E-state index in [-0.39, 0.29) is 11.9 Å². The molecule has 1 amide bonds. The molecule has 6 heteroatoms. The van der Waals surface area contributed by atoms with Gasteiger partial charge in [-0.15, -0.1) is 0 Å². The van der Waals surface area contributed by atoms with E-state index in [2.05, 4.69) is 10.2 Å². The summed E-state index contributed by atoms with van der Waals surface area (Å²) in [5, 5.41) is 3.91. The summed E-state index contributed by atoms with van der Waals surface area (Å²) in [7, 11) is 0. The van der Waals surface area contributed by atoms with E-state index in [1.165, 1.54) is 19.3 Å². The van der Waals surface area contributed by atoms with Crippen molar-refractivity contribution in [1.82, 2.24) is 10.2 Å². The van der Waals surface area contributed by atoms with Crippen LogP contribution in [0.1, 0.15) is 32.6 Å². The first kappa shape index (κ1) is 16.9. The van der Waals surface area contributed by atoms with E-state index in [1.54, 1.807) is 25.1 Å². The molecule has 3 atom stereocenters. The smallest absolute Gasteiger partial charge is 0.261 e. The van der Waals surface area contributed by atoms with Crippen LogP contribution in [0.4, 0.5) is 0 Å². The van der Waals surface area contributed by atoms with E-state index in [0.29, 0.717) is 21.8 Å². The van der Waals surface area contributed by atoms with Gasteiger partial charge in [-0.25, -0.2) is 0 Å². The number of nitrogens with zero attached hydrogens (tertiary/aromatic N) is 1. The van der Waals surface area contributed by atoms with Crippen molar-refractivity contribution in [2.24, 2.45) is 0 Å². The number of carbonyl (C=O) groups excluding carboxylic acids is 1. The molecule has 0 aromatic heterocycles. The lowest BCUT2D eigenvalue weighted by atomic mass is 9.99. The highest BCUT2D eigenvalue weighted by molar-refractivity contribution is 6.42. The van der Waals surface area contributed by atoms with Gasteiger partial charge in [0.15, 0.2) is 6.10 Å². The van der Waals surface area contributed by atoms with E-state index >= 15 is 0 Å². The fourth-order valence-electron chi connectivity index (χ4n) is 3.53. The molecule has 23 heavy (non-hydrogen) atoms. The monoisotopic (exact) mass is 356 g/mol. The Labute approximate surface area is 147 Å². The number of ether oxygens (including phenoxy) is 1. The fourth-order valence-corrected chi connectivity index (χ4v) is 3.87. The van der Waals surface area contributed by atoms with Gasteiger partial charge in [0.2, 0.25) is 0 Å². The van der Waals surface area contributed by atoms with Crippen LogP contribution in [0, 0.1) is 0 Å². The van der Waals surface area contributed by atoms with Gasteiger partial charge in [-0.3, -0.25) is 9.69 Å². The average Bonchev–Trinajstić information content (AvgIpc) is 2.95. The van der Waals surface area contributed by atoms with E-state index in [1.807, 2.05) is 0 Å². The largest absolute Gasteiger partial charge is 0.479 e. The minimum atomic E-state index is -0.608. The van der Waals surface area contributed by atoms with Crippen LogP contribution in [-0.2, 0) is 4.79 Å². The van der Waals surface area contributed by atoms with Gasteiger partial charge >= 0.3 is 0 Å². The number of piperidine rings is 1. The lowest BCUT2D eigenvalue weighted by Gasteiger charge is -2.32. The fraction of sp³-hybridized carbons (Fsp3) is 0.588. The van der Waals surface area contributed by atoms with Crippen molar-refractivity contribution in [3.63, 3.8) is 0 Å². The lowest BCUT2D eigenvalue weighted by molar-refractivity contribution is -0.128. The van der Waals surface area contributed by atoms with Crippen molar-refractivity contribution in [3.8, 4) is 5.75 Å². The molecule has 1 aromatic rings. The molecule has 2 fully saturated rings. The van der Waals surface area contributed by atoms with Crippen LogP contribution >= 0.6 is 23.2 Å². The Bertz CT molecular complexity index is 582. The molecule has 0 unspecified atom stereocenters. The Morgan fingerprint density at radius 3 is 2.96 bits per heavy atom. The van der Waals surface area contributed by atoms with E-state index in [4.69, 9.17) is 27.9 Å². The molecule has 2 heterocycles. The topological polar surface area (TPSA) is 41.6 Å². The maximum absolute atomic E-state index is 12.4. The van der Waals surface area contributed by atoms with E-state index in [0.717, 1.165) is 19.5 Å². The first-order valence-corrected chi connectivity index (χ1v) is 8.97. The summed E-state index contributed by atoms with van der Waals surface area (Å²) in [6.45, 7) is 3.96. The zero-order valence-corrected chi connectivity index (χ0v) is 14.7. The van der Waals surface area contributed by atoms with Crippen LogP contribution < -0.4 is 10.1 Å². The SMILES string of the molecule is C[C@H](Oc1cccc(Cl)c1Cl)C(=O)N[C@H]1CCN2CCCC[C@@H]12. The molecule has 0 aliphatic carbocycles. The van der Waals surface area contributed by atoms with Crippen molar-refractivity contribution in [1.29, 1.82) is 0 Å². The lowest BCUT2D eigenvalue weighted by Crippen LogP contribution is -2.49. The quantitative estimate of drug-likeness (QED) is 0.897. The number of fused-ring (bicyclic) bond motifs is 1. The number of rotatable bonds is 4. The minimum absolute atomic E-state index is 0.0986. The third-order valence-electron chi connectivity index (χ3n) is 4.77. The van der Waals surface area contributed by atoms with Crippen molar-refractivity contribution in [2.45, 2.75) is 50.8 Å². The highest BCUT2D eigenvalue weighted by Crippen LogP contribution is 2.32. The molecule has 0 bridgehead atoms. The highest BCUT2D eigenvalue weighted by Gasteiger charge is 2.36. The Morgan fingerprint density at radius 2 is 2.13 bits per heavy atom. The molecular weight excluding hydrogens is 335 g/mol. The molecule has 126 valence electrons. The molecule has 2 aliphatic rings. The molecule has 0 spiro atoms. The summed E-state index contributed by atoms with van der Waals surface area (Å²) < 4.78 is 5.69. The molecule has 1 aromatic carbocycles. The van der Waals surface area contributed by atoms with Crippen LogP contribution in [0.25, 0.3) is 0 Å². The van der Waals surface area contributed by atoms with Gasteiger partial charge < -0.3 is 10.1 Å². The van der Waals surface area contributed by atoms with Gasteiger partial charge in [0.05, 0.1) is 5.02 Å². The molecular formula is C17H22Cl2N2O2. The summed E-state index contributed by atoms with van der Waals surface area (Å²) in [5.74, 6) is 0.339. The zero-order chi connectivity index (χ0) is 16.4. The Balaban J connectivity index is 1.58. The van der Waals surface area contributed by atoms with Crippen LogP contribution in [0.5, 0.6) is 5.75 Å². The normalized spacial score (nSPS) is 25.7. The van der Waals surface area contributed by atoms with Gasteiger partial charge in [-0.1, -0.05) is 35.7 Å². The predicted molar refractivity (Wildman–Crippen MR) is 92.3 cm³/mol. The number of hydrogen-bond donors (Lipinski definition) is 1. The summed E-state index contributed by atoms with van der Waals surface area (Å²) >= 11 is 12.1. The van der Waals surface area contributed by atoms with E-state index in [9.17, 15) is 4.79 Å². The maximum Gasteiger partial charge on any atom is 0.261 e. The summed E-state index contributed by atoms with van der Waals surface area (Å²) in [4.78, 5) is 14.9. The Hall–Kier alpha value is -0.970. The average molecular weight is 357 g/mol. The summed E-state index contributed by atoms with van der Waals surface area (Å²) in [6, 6.07) is 5.87. The third kappa shape index (κ3) is 3.76. The van der Waals surface area contributed by atoms with Crippen molar-refractivity contribution in [2.75, 3.05) is 13.1 Å². The van der Waals surface area contributed by atoms with Crippen LogP contribution in [0.15, 0.2) is 18.2 Å². The molecule has 0 saturated carbocycles. The van der Waals surface area contributed by atoms with Gasteiger partial charge in [-0.05, 0) is 44.9 Å². The molecule has 0 radical (unpaired) electrons. The van der Waals surface area contributed by atoms with Gasteiger partial charge in [0.1, 0.15) is 10.8 Å². The number of carbonyl (C=O) groups is 1. The number of hydrogen-bond acceptors (Lipinski definition) is 3. The number of nitrogens with one attached hydrogen (secondary N) is 1. The van der Waals surface area contributed by atoms with Crippen LogP contribution in [0.2, 0.25) is 10.0 Å². The standard InChI is InChI=1S/C17H22Cl2N2O2/c1-11(23-15-7-4-5-12(18)16(15)19)17(22)20-13-8-10-21-9-3-2-6-14(13)21/h4-5,7,11,13-14H,2-3,6,8-10H2,1H3,(H,20,22)/t11-,13-,14-/m0/s1. The Morgan fingerprint density at radius 1 is 1.30 bits per heavy atom. The van der Waals surface area contributed by atoms with E-state index < -0.39 is 6.10 Å². The first-order chi connectivity index (χ1) is 11.1. The zero-order valence-electron chi connectivity index (χ0n) is 13.2. The molecule has 1 N–H and O–H groups in total. The van der Waals surface area contributed by atoms with Crippen molar-refractivity contribution in [3.05, 3.63) is 28.2 Å². The first-order valence-electron chi connectivity index (χ1n) is 8.21. The highest BCUT2D eigenvalue weighted by atomic mass is 35.5.